The maximum Gasteiger partial charge on any atom is 0.416 e. The molecule has 2 aromatic carbocycles. The lowest BCUT2D eigenvalue weighted by Crippen LogP contribution is -2.33. The number of anilines is 1. The quantitative estimate of drug-likeness (QED) is 0.430. The van der Waals surface area contributed by atoms with E-state index in [4.69, 9.17) is 23.8 Å². The third-order valence-electron chi connectivity index (χ3n) is 3.08. The molecule has 0 aliphatic carbocycles. The number of benzene rings is 2. The van der Waals surface area contributed by atoms with Gasteiger partial charge in [-0.1, -0.05) is 23.7 Å². The molecule has 0 atom stereocenters. The molecule has 0 heterocycles. The normalized spacial score (nSPS) is 11.4. The van der Waals surface area contributed by atoms with Crippen molar-refractivity contribution in [1.82, 2.24) is 5.32 Å². The van der Waals surface area contributed by atoms with E-state index < -0.39 is 23.5 Å². The van der Waals surface area contributed by atoms with Crippen LogP contribution in [-0.4, -0.2) is 11.0 Å². The molecule has 26 heavy (non-hydrogen) atoms. The van der Waals surface area contributed by atoms with Crippen LogP contribution in [-0.2, 0) is 11.0 Å². The van der Waals surface area contributed by atoms with Crippen LogP contribution in [0.2, 0.25) is 5.02 Å². The molecular formula is C17H11ClF4N2OS. The van der Waals surface area contributed by atoms with E-state index in [1.54, 1.807) is 0 Å². The van der Waals surface area contributed by atoms with Crippen LogP contribution in [0.3, 0.4) is 0 Å². The molecule has 0 aliphatic rings. The zero-order valence-corrected chi connectivity index (χ0v) is 14.5. The number of halogens is 5. The number of rotatable bonds is 3. The van der Waals surface area contributed by atoms with Gasteiger partial charge in [-0.2, -0.15) is 13.2 Å². The van der Waals surface area contributed by atoms with Crippen molar-refractivity contribution in [2.24, 2.45) is 0 Å². The summed E-state index contributed by atoms with van der Waals surface area (Å²) < 4.78 is 51.0. The van der Waals surface area contributed by atoms with Gasteiger partial charge in [0.25, 0.3) is 0 Å². The fraction of sp³-hybridized carbons (Fsp3) is 0.0588. The van der Waals surface area contributed by atoms with Gasteiger partial charge in [0.15, 0.2) is 5.11 Å². The van der Waals surface area contributed by atoms with Gasteiger partial charge >= 0.3 is 6.18 Å². The Morgan fingerprint density at radius 2 is 1.77 bits per heavy atom. The van der Waals surface area contributed by atoms with Crippen molar-refractivity contribution < 1.29 is 22.4 Å². The molecule has 0 radical (unpaired) electrons. The van der Waals surface area contributed by atoms with Crippen LogP contribution in [0.15, 0.2) is 48.5 Å². The number of nitrogens with one attached hydrogen (secondary N) is 2. The van der Waals surface area contributed by atoms with Crippen molar-refractivity contribution in [2.45, 2.75) is 6.18 Å². The molecule has 3 nitrogen and oxygen atoms in total. The van der Waals surface area contributed by atoms with E-state index in [0.717, 1.165) is 24.3 Å². The molecule has 136 valence electrons. The summed E-state index contributed by atoms with van der Waals surface area (Å²) >= 11 is 10.7. The van der Waals surface area contributed by atoms with Crippen LogP contribution < -0.4 is 10.6 Å². The van der Waals surface area contributed by atoms with Gasteiger partial charge in [-0.25, -0.2) is 4.39 Å². The Morgan fingerprint density at radius 1 is 1.12 bits per heavy atom. The highest BCUT2D eigenvalue weighted by Crippen LogP contribution is 2.33. The van der Waals surface area contributed by atoms with Gasteiger partial charge in [0, 0.05) is 6.08 Å². The number of carbonyl (C=O) groups is 1. The molecule has 0 saturated heterocycles. The maximum atomic E-state index is 12.8. The minimum absolute atomic E-state index is 0.0106. The second-order valence-corrected chi connectivity index (χ2v) is 5.84. The Labute approximate surface area is 156 Å². The van der Waals surface area contributed by atoms with Gasteiger partial charge in [-0.3, -0.25) is 10.1 Å². The van der Waals surface area contributed by atoms with Crippen molar-refractivity contribution in [3.63, 3.8) is 0 Å². The third-order valence-corrected chi connectivity index (χ3v) is 3.61. The van der Waals surface area contributed by atoms with Gasteiger partial charge < -0.3 is 5.32 Å². The molecule has 1 amide bonds. The Balaban J connectivity index is 2.00. The average molecular weight is 403 g/mol. The molecule has 2 N–H and O–H groups in total. The summed E-state index contributed by atoms with van der Waals surface area (Å²) in [4.78, 5) is 11.8. The molecule has 0 unspecified atom stereocenters. The summed E-state index contributed by atoms with van der Waals surface area (Å²) in [6.07, 6.45) is -1.96. The van der Waals surface area contributed by atoms with E-state index in [-0.39, 0.29) is 15.8 Å². The number of hydrogen-bond donors (Lipinski definition) is 2. The molecule has 2 rings (SSSR count). The van der Waals surface area contributed by atoms with Crippen LogP contribution >= 0.6 is 23.8 Å². The SMILES string of the molecule is O=C(/C=C/c1ccc(F)cc1)NC(=S)Nc1cc(C(F)(F)F)ccc1Cl. The number of alkyl halides is 3. The van der Waals surface area contributed by atoms with Crippen molar-refractivity contribution in [3.8, 4) is 0 Å². The van der Waals surface area contributed by atoms with E-state index >= 15 is 0 Å². The smallest absolute Gasteiger partial charge is 0.331 e. The number of carbonyl (C=O) groups excluding carboxylic acids is 1. The number of thiocarbonyl (C=S) groups is 1. The Kier molecular flexibility index (Phi) is 6.33. The second kappa shape index (κ2) is 8.29. The topological polar surface area (TPSA) is 41.1 Å². The van der Waals surface area contributed by atoms with Gasteiger partial charge in [0.1, 0.15) is 5.82 Å². The second-order valence-electron chi connectivity index (χ2n) is 5.02. The van der Waals surface area contributed by atoms with Crippen LogP contribution in [0.25, 0.3) is 6.08 Å². The molecule has 2 aromatic rings. The highest BCUT2D eigenvalue weighted by molar-refractivity contribution is 7.80. The van der Waals surface area contributed by atoms with Crippen LogP contribution in [0.1, 0.15) is 11.1 Å². The lowest BCUT2D eigenvalue weighted by atomic mass is 10.2. The highest BCUT2D eigenvalue weighted by atomic mass is 35.5. The average Bonchev–Trinajstić information content (AvgIpc) is 2.55. The predicted octanol–water partition coefficient (Wildman–Crippen LogP) is 5.02. The van der Waals surface area contributed by atoms with Crippen LogP contribution in [0, 0.1) is 5.82 Å². The number of amides is 1. The van der Waals surface area contributed by atoms with E-state index in [0.29, 0.717) is 5.56 Å². The van der Waals surface area contributed by atoms with E-state index in [9.17, 15) is 22.4 Å². The Hall–Kier alpha value is -2.45. The minimum atomic E-state index is -4.54. The predicted molar refractivity (Wildman–Crippen MR) is 96.3 cm³/mol. The monoisotopic (exact) mass is 402 g/mol. The van der Waals surface area contributed by atoms with E-state index in [2.05, 4.69) is 10.6 Å². The summed E-state index contributed by atoms with van der Waals surface area (Å²) in [6.45, 7) is 0. The fourth-order valence-corrected chi connectivity index (χ4v) is 2.23. The first-order valence-electron chi connectivity index (χ1n) is 7.07. The molecule has 9 heteroatoms. The largest absolute Gasteiger partial charge is 0.416 e. The minimum Gasteiger partial charge on any atom is -0.331 e. The summed E-state index contributed by atoms with van der Waals surface area (Å²) in [5.74, 6) is -1.02. The van der Waals surface area contributed by atoms with Gasteiger partial charge in [0.05, 0.1) is 16.3 Å². The van der Waals surface area contributed by atoms with Crippen molar-refractivity contribution in [1.29, 1.82) is 0 Å². The molecule has 0 spiro atoms. The molecule has 0 aliphatic heterocycles. The summed E-state index contributed by atoms with van der Waals surface area (Å²) in [6, 6.07) is 8.11. The molecule has 0 aromatic heterocycles. The van der Waals surface area contributed by atoms with Gasteiger partial charge in [-0.05, 0) is 54.2 Å². The Bertz CT molecular complexity index is 851. The first kappa shape index (κ1) is 19.9. The molecular weight excluding hydrogens is 392 g/mol. The first-order chi connectivity index (χ1) is 12.1. The lowest BCUT2D eigenvalue weighted by molar-refractivity contribution is -0.137. The number of hydrogen-bond acceptors (Lipinski definition) is 2. The van der Waals surface area contributed by atoms with Crippen LogP contribution in [0.5, 0.6) is 0 Å². The van der Waals surface area contributed by atoms with Gasteiger partial charge in [-0.15, -0.1) is 0 Å². The summed E-state index contributed by atoms with van der Waals surface area (Å²) in [5, 5.41) is 4.51. The first-order valence-corrected chi connectivity index (χ1v) is 7.86. The van der Waals surface area contributed by atoms with Crippen molar-refractivity contribution in [3.05, 3.63) is 70.5 Å². The summed E-state index contributed by atoms with van der Waals surface area (Å²) in [5.41, 5.74) is -0.412. The van der Waals surface area contributed by atoms with Gasteiger partial charge in [0.2, 0.25) is 5.91 Å². The van der Waals surface area contributed by atoms with Crippen molar-refractivity contribution in [2.75, 3.05) is 5.32 Å². The molecule has 0 fully saturated rings. The maximum absolute atomic E-state index is 12.8. The zero-order chi connectivity index (χ0) is 19.3. The van der Waals surface area contributed by atoms with Crippen molar-refractivity contribution >= 4 is 46.6 Å². The van der Waals surface area contributed by atoms with E-state index in [1.165, 1.54) is 30.3 Å². The molecule has 0 bridgehead atoms. The lowest BCUT2D eigenvalue weighted by Gasteiger charge is -2.13. The molecule has 0 saturated carbocycles. The third kappa shape index (κ3) is 5.82. The van der Waals surface area contributed by atoms with E-state index in [1.807, 2.05) is 0 Å². The standard InChI is InChI=1S/C17H11ClF4N2OS/c18-13-7-4-11(17(20,21)22)9-14(13)23-16(26)24-15(25)8-3-10-1-5-12(19)6-2-10/h1-9H,(H2,23,24,25,26)/b8-3+. The Morgan fingerprint density at radius 3 is 2.38 bits per heavy atom. The van der Waals surface area contributed by atoms with Crippen LogP contribution in [0.4, 0.5) is 23.2 Å². The highest BCUT2D eigenvalue weighted by Gasteiger charge is 2.31. The summed E-state index contributed by atoms with van der Waals surface area (Å²) in [7, 11) is 0. The fourth-order valence-electron chi connectivity index (χ4n) is 1.85. The zero-order valence-electron chi connectivity index (χ0n) is 12.9.